The molecule has 32 heavy (non-hydrogen) atoms. The van der Waals surface area contributed by atoms with Gasteiger partial charge in [0.15, 0.2) is 0 Å². The highest BCUT2D eigenvalue weighted by Gasteiger charge is 2.31. The number of rotatable bonds is 12. The van der Waals surface area contributed by atoms with E-state index in [1.165, 1.54) is 19.3 Å². The van der Waals surface area contributed by atoms with E-state index in [1.807, 2.05) is 0 Å². The maximum atomic E-state index is 12.5. The number of hydrogen-bond acceptors (Lipinski definition) is 4. The minimum atomic E-state index is -4.51. The van der Waals surface area contributed by atoms with Crippen molar-refractivity contribution in [1.82, 2.24) is 10.2 Å². The summed E-state index contributed by atoms with van der Waals surface area (Å²) in [5.41, 5.74) is 0. The lowest BCUT2D eigenvalue weighted by molar-refractivity contribution is -0.130. The zero-order valence-electron chi connectivity index (χ0n) is 20.0. The Hall–Kier alpha value is -0.950. The summed E-state index contributed by atoms with van der Waals surface area (Å²) in [4.78, 5) is 44.1. The average molecular weight is 475 g/mol. The molecular formula is C23H43N2O6P. The van der Waals surface area contributed by atoms with E-state index in [9.17, 15) is 14.2 Å². The van der Waals surface area contributed by atoms with Crippen LogP contribution in [0.25, 0.3) is 0 Å². The standard InChI is InChI=1S/C23H43N2O6P/c1-17(2)15-19-8-10-20(11-9-19)18(3)23(27)24-13-6-4-5-7-22(26)25-14-12-21(16-25)31-32(28,29)30/h17-21H,4-16H2,1-3H3,(H,24,27)(H2,28,29,30)/t18-,19?,20?,21+/m0/s1. The van der Waals surface area contributed by atoms with Gasteiger partial charge in [0.1, 0.15) is 0 Å². The van der Waals surface area contributed by atoms with Gasteiger partial charge in [-0.1, -0.05) is 40.0 Å². The highest BCUT2D eigenvalue weighted by Crippen LogP contribution is 2.39. The Morgan fingerprint density at radius 1 is 1.06 bits per heavy atom. The molecule has 186 valence electrons. The van der Waals surface area contributed by atoms with E-state index < -0.39 is 13.9 Å². The Kier molecular flexibility index (Phi) is 11.1. The first-order valence-corrected chi connectivity index (χ1v) is 13.9. The first-order chi connectivity index (χ1) is 15.0. The van der Waals surface area contributed by atoms with E-state index in [2.05, 4.69) is 30.6 Å². The molecule has 1 aliphatic carbocycles. The van der Waals surface area contributed by atoms with E-state index in [-0.39, 0.29) is 24.3 Å². The van der Waals surface area contributed by atoms with Crippen LogP contribution >= 0.6 is 7.82 Å². The Morgan fingerprint density at radius 3 is 2.38 bits per heavy atom. The molecule has 1 heterocycles. The number of amides is 2. The SMILES string of the molecule is CC(C)CC1CCC([C@H](C)C(=O)NCCCCCC(=O)N2CC[C@@H](OP(=O)(O)O)C2)CC1. The average Bonchev–Trinajstić information content (AvgIpc) is 3.16. The number of likely N-dealkylation sites (tertiary alicyclic amines) is 1. The van der Waals surface area contributed by atoms with Crippen molar-refractivity contribution in [1.29, 1.82) is 0 Å². The van der Waals surface area contributed by atoms with Gasteiger partial charge in [-0.15, -0.1) is 0 Å². The highest BCUT2D eigenvalue weighted by atomic mass is 31.2. The smallest absolute Gasteiger partial charge is 0.356 e. The molecule has 1 aliphatic heterocycles. The van der Waals surface area contributed by atoms with Crippen LogP contribution in [0.4, 0.5) is 0 Å². The second kappa shape index (κ2) is 13.1. The lowest BCUT2D eigenvalue weighted by Crippen LogP contribution is -2.35. The van der Waals surface area contributed by atoms with Gasteiger partial charge in [0.05, 0.1) is 6.10 Å². The molecule has 9 heteroatoms. The fourth-order valence-corrected chi connectivity index (χ4v) is 5.71. The molecule has 0 bridgehead atoms. The number of carbonyl (C=O) groups excluding carboxylic acids is 2. The molecule has 2 aliphatic rings. The summed E-state index contributed by atoms with van der Waals surface area (Å²) in [5, 5.41) is 3.07. The molecule has 1 saturated heterocycles. The number of unbranched alkanes of at least 4 members (excludes halogenated alkanes) is 2. The Balaban J connectivity index is 1.53. The molecule has 0 radical (unpaired) electrons. The van der Waals surface area contributed by atoms with Gasteiger partial charge in [-0.05, 0) is 56.3 Å². The summed E-state index contributed by atoms with van der Waals surface area (Å²) in [7, 11) is -4.51. The van der Waals surface area contributed by atoms with Crippen LogP contribution in [0.1, 0.15) is 85.0 Å². The largest absolute Gasteiger partial charge is 0.469 e. The van der Waals surface area contributed by atoms with Gasteiger partial charge in [0, 0.05) is 32.0 Å². The van der Waals surface area contributed by atoms with Gasteiger partial charge in [0.2, 0.25) is 11.8 Å². The zero-order chi connectivity index (χ0) is 23.7. The number of phosphoric acid groups is 1. The Morgan fingerprint density at radius 2 is 1.75 bits per heavy atom. The third kappa shape index (κ3) is 9.90. The molecule has 2 amide bonds. The lowest BCUT2D eigenvalue weighted by atomic mass is 9.74. The minimum absolute atomic E-state index is 0.00691. The van der Waals surface area contributed by atoms with Crippen LogP contribution in [-0.4, -0.2) is 52.2 Å². The van der Waals surface area contributed by atoms with Crippen molar-refractivity contribution in [2.24, 2.45) is 23.7 Å². The molecule has 0 aromatic heterocycles. The maximum absolute atomic E-state index is 12.5. The topological polar surface area (TPSA) is 116 Å². The zero-order valence-corrected chi connectivity index (χ0v) is 20.9. The van der Waals surface area contributed by atoms with Crippen LogP contribution < -0.4 is 5.32 Å². The van der Waals surface area contributed by atoms with Gasteiger partial charge < -0.3 is 20.0 Å². The third-order valence-electron chi connectivity index (χ3n) is 6.97. The molecule has 0 aromatic rings. The summed E-state index contributed by atoms with van der Waals surface area (Å²) in [5.74, 6) is 2.29. The van der Waals surface area contributed by atoms with E-state index in [4.69, 9.17) is 9.79 Å². The van der Waals surface area contributed by atoms with Crippen LogP contribution in [0.3, 0.4) is 0 Å². The number of nitrogens with zero attached hydrogens (tertiary/aromatic N) is 1. The van der Waals surface area contributed by atoms with Crippen LogP contribution in [0.5, 0.6) is 0 Å². The molecule has 2 fully saturated rings. The van der Waals surface area contributed by atoms with Gasteiger partial charge >= 0.3 is 7.82 Å². The van der Waals surface area contributed by atoms with Crippen molar-refractivity contribution in [3.63, 3.8) is 0 Å². The van der Waals surface area contributed by atoms with E-state index in [1.54, 1.807) is 4.90 Å². The quantitative estimate of drug-likeness (QED) is 0.292. The van der Waals surface area contributed by atoms with Crippen molar-refractivity contribution in [2.45, 2.75) is 91.1 Å². The van der Waals surface area contributed by atoms with Gasteiger partial charge in [-0.25, -0.2) is 4.57 Å². The molecule has 0 unspecified atom stereocenters. The molecule has 1 saturated carbocycles. The van der Waals surface area contributed by atoms with E-state index in [0.29, 0.717) is 31.8 Å². The Labute approximate surface area is 193 Å². The van der Waals surface area contributed by atoms with Gasteiger partial charge in [0.25, 0.3) is 0 Å². The molecule has 3 N–H and O–H groups in total. The van der Waals surface area contributed by atoms with Crippen molar-refractivity contribution >= 4 is 19.6 Å². The first-order valence-electron chi connectivity index (χ1n) is 12.3. The second-order valence-corrected chi connectivity index (χ2v) is 11.3. The third-order valence-corrected chi connectivity index (χ3v) is 7.54. The fraction of sp³-hybridized carbons (Fsp3) is 0.913. The molecule has 0 aromatic carbocycles. The number of carbonyl (C=O) groups is 2. The monoisotopic (exact) mass is 474 g/mol. The van der Waals surface area contributed by atoms with Gasteiger partial charge in [-0.2, -0.15) is 0 Å². The van der Waals surface area contributed by atoms with E-state index >= 15 is 0 Å². The number of hydrogen-bond donors (Lipinski definition) is 3. The van der Waals surface area contributed by atoms with Crippen LogP contribution in [0, 0.1) is 23.7 Å². The molecule has 8 nitrogen and oxygen atoms in total. The summed E-state index contributed by atoms with van der Waals surface area (Å²) in [6.07, 6.45) is 8.81. The van der Waals surface area contributed by atoms with Crippen LogP contribution in [-0.2, 0) is 18.7 Å². The normalized spacial score (nSPS) is 25.2. The first kappa shape index (κ1) is 27.3. The summed E-state index contributed by atoms with van der Waals surface area (Å²) >= 11 is 0. The lowest BCUT2D eigenvalue weighted by Gasteiger charge is -2.32. The number of nitrogens with one attached hydrogen (secondary N) is 1. The molecule has 2 atom stereocenters. The van der Waals surface area contributed by atoms with Crippen molar-refractivity contribution in [2.75, 3.05) is 19.6 Å². The summed E-state index contributed by atoms with van der Waals surface area (Å²) in [6, 6.07) is 0. The fourth-order valence-electron chi connectivity index (χ4n) is 5.15. The van der Waals surface area contributed by atoms with Crippen molar-refractivity contribution < 1.29 is 28.5 Å². The van der Waals surface area contributed by atoms with Crippen LogP contribution in [0.15, 0.2) is 0 Å². The summed E-state index contributed by atoms with van der Waals surface area (Å²) < 4.78 is 15.6. The number of phosphoric ester groups is 1. The Bertz CT molecular complexity index is 644. The minimum Gasteiger partial charge on any atom is -0.356 e. The van der Waals surface area contributed by atoms with Crippen LogP contribution in [0.2, 0.25) is 0 Å². The van der Waals surface area contributed by atoms with Crippen molar-refractivity contribution in [3.8, 4) is 0 Å². The predicted octanol–water partition coefficient (Wildman–Crippen LogP) is 3.86. The molecule has 2 rings (SSSR count). The maximum Gasteiger partial charge on any atom is 0.469 e. The second-order valence-electron chi connectivity index (χ2n) is 10.1. The van der Waals surface area contributed by atoms with Crippen molar-refractivity contribution in [3.05, 3.63) is 0 Å². The molecular weight excluding hydrogens is 431 g/mol. The molecule has 0 spiro atoms. The summed E-state index contributed by atoms with van der Waals surface area (Å²) in [6.45, 7) is 7.96. The highest BCUT2D eigenvalue weighted by molar-refractivity contribution is 7.46. The van der Waals surface area contributed by atoms with E-state index in [0.717, 1.165) is 43.9 Å². The van der Waals surface area contributed by atoms with Gasteiger partial charge in [-0.3, -0.25) is 14.1 Å². The predicted molar refractivity (Wildman–Crippen MR) is 124 cm³/mol.